The van der Waals surface area contributed by atoms with Gasteiger partial charge in [0.15, 0.2) is 0 Å². The molecule has 6 heteroatoms. The Kier molecular flexibility index (Phi) is 2.53. The first kappa shape index (κ1) is 11.2. The number of aromatic nitrogens is 3. The third kappa shape index (κ3) is 1.70. The Morgan fingerprint density at radius 3 is 2.75 bits per heavy atom. The summed E-state index contributed by atoms with van der Waals surface area (Å²) in [6, 6.07) is 14.3. The molecule has 0 atom stereocenters. The van der Waals surface area contributed by atoms with Gasteiger partial charge in [-0.1, -0.05) is 30.3 Å². The zero-order valence-corrected chi connectivity index (χ0v) is 11.3. The smallest absolute Gasteiger partial charge is 0.256 e. The molecule has 0 aliphatic carbocycles. The van der Waals surface area contributed by atoms with E-state index in [1.807, 2.05) is 30.5 Å². The summed E-state index contributed by atoms with van der Waals surface area (Å²) >= 11 is 1.67. The van der Waals surface area contributed by atoms with Gasteiger partial charge in [0.25, 0.3) is 5.95 Å². The van der Waals surface area contributed by atoms with Gasteiger partial charge in [0, 0.05) is 11.8 Å². The van der Waals surface area contributed by atoms with Gasteiger partial charge in [-0.15, -0.1) is 21.5 Å². The number of benzene rings is 1. The van der Waals surface area contributed by atoms with Crippen molar-refractivity contribution in [3.8, 4) is 0 Å². The standard InChI is InChI=1S/C14H11N5S/c1-2-5-11(6-3-1)12-9-16-18-10-15-17-14(18)19(12)13-7-4-8-20-13/h1-10,16H. The molecule has 98 valence electrons. The summed E-state index contributed by atoms with van der Waals surface area (Å²) < 4.78 is 1.80. The first-order chi connectivity index (χ1) is 9.93. The van der Waals surface area contributed by atoms with E-state index in [0.29, 0.717) is 0 Å². The van der Waals surface area contributed by atoms with Crippen LogP contribution in [0.3, 0.4) is 0 Å². The van der Waals surface area contributed by atoms with Crippen molar-refractivity contribution in [3.05, 3.63) is 65.9 Å². The van der Waals surface area contributed by atoms with Crippen molar-refractivity contribution in [2.75, 3.05) is 10.3 Å². The Labute approximate surface area is 119 Å². The van der Waals surface area contributed by atoms with Crippen LogP contribution in [0, 0.1) is 0 Å². The average Bonchev–Trinajstić information content (AvgIpc) is 3.18. The summed E-state index contributed by atoms with van der Waals surface area (Å²) in [5, 5.41) is 11.3. The number of nitrogens with zero attached hydrogens (tertiary/aromatic N) is 4. The Morgan fingerprint density at radius 1 is 1.05 bits per heavy atom. The third-order valence-corrected chi connectivity index (χ3v) is 3.96. The maximum Gasteiger partial charge on any atom is 0.256 e. The van der Waals surface area contributed by atoms with Crippen molar-refractivity contribution in [1.29, 1.82) is 0 Å². The normalized spacial score (nSPS) is 13.6. The Balaban J connectivity index is 1.88. The summed E-state index contributed by atoms with van der Waals surface area (Å²) in [5.74, 6) is 0.758. The Hall–Kier alpha value is -2.60. The zero-order chi connectivity index (χ0) is 13.4. The lowest BCUT2D eigenvalue weighted by Gasteiger charge is -2.28. The monoisotopic (exact) mass is 281 g/mol. The van der Waals surface area contributed by atoms with Gasteiger partial charge in [0.1, 0.15) is 11.3 Å². The molecule has 1 N–H and O–H groups in total. The molecule has 1 aliphatic rings. The highest BCUT2D eigenvalue weighted by atomic mass is 32.1. The first-order valence-electron chi connectivity index (χ1n) is 6.19. The summed E-state index contributed by atoms with van der Waals surface area (Å²) in [5.41, 5.74) is 5.35. The molecular formula is C14H11N5S. The van der Waals surface area contributed by atoms with E-state index in [1.54, 1.807) is 22.3 Å². The van der Waals surface area contributed by atoms with Gasteiger partial charge in [-0.05, 0) is 17.5 Å². The SMILES string of the molecule is C1=C(c2ccccc2)N(c2cccs2)c2nncn2N1. The third-order valence-electron chi connectivity index (χ3n) is 3.11. The fourth-order valence-electron chi connectivity index (χ4n) is 2.21. The quantitative estimate of drug-likeness (QED) is 0.784. The summed E-state index contributed by atoms with van der Waals surface area (Å²) in [6.45, 7) is 0. The highest BCUT2D eigenvalue weighted by Crippen LogP contribution is 2.37. The van der Waals surface area contributed by atoms with Crippen LogP contribution in [0.1, 0.15) is 5.56 Å². The second-order valence-electron chi connectivity index (χ2n) is 4.31. The number of nitrogens with one attached hydrogen (secondary N) is 1. The molecule has 2 aromatic heterocycles. The zero-order valence-electron chi connectivity index (χ0n) is 10.5. The topological polar surface area (TPSA) is 46.0 Å². The number of hydrogen-bond acceptors (Lipinski definition) is 5. The molecule has 5 nitrogen and oxygen atoms in total. The molecule has 20 heavy (non-hydrogen) atoms. The van der Waals surface area contributed by atoms with Crippen LogP contribution in [0.25, 0.3) is 5.70 Å². The molecule has 0 spiro atoms. The van der Waals surface area contributed by atoms with Crippen molar-refractivity contribution >= 4 is 28.0 Å². The second kappa shape index (κ2) is 4.50. The van der Waals surface area contributed by atoms with Gasteiger partial charge in [-0.3, -0.25) is 10.3 Å². The predicted octanol–water partition coefficient (Wildman–Crippen LogP) is 3.03. The maximum atomic E-state index is 4.21. The number of rotatable bonds is 2. The molecule has 0 radical (unpaired) electrons. The minimum Gasteiger partial charge on any atom is -0.295 e. The number of hydrogen-bond donors (Lipinski definition) is 1. The van der Waals surface area contributed by atoms with Gasteiger partial charge in [-0.2, -0.15) is 0 Å². The van der Waals surface area contributed by atoms with Crippen LogP contribution in [-0.4, -0.2) is 14.9 Å². The van der Waals surface area contributed by atoms with E-state index in [4.69, 9.17) is 0 Å². The van der Waals surface area contributed by atoms with Crippen molar-refractivity contribution in [1.82, 2.24) is 14.9 Å². The lowest BCUT2D eigenvalue weighted by molar-refractivity contribution is 0.909. The molecule has 0 fully saturated rings. The van der Waals surface area contributed by atoms with Crippen molar-refractivity contribution < 1.29 is 0 Å². The highest BCUT2D eigenvalue weighted by Gasteiger charge is 2.25. The van der Waals surface area contributed by atoms with Crippen LogP contribution < -0.4 is 10.3 Å². The molecule has 3 aromatic rings. The molecule has 0 unspecified atom stereocenters. The fraction of sp³-hybridized carbons (Fsp3) is 0. The van der Waals surface area contributed by atoms with E-state index in [-0.39, 0.29) is 0 Å². The number of thiophene rings is 1. The fourth-order valence-corrected chi connectivity index (χ4v) is 2.95. The van der Waals surface area contributed by atoms with Crippen LogP contribution >= 0.6 is 11.3 Å². The van der Waals surface area contributed by atoms with Crippen LogP contribution in [0.2, 0.25) is 0 Å². The molecule has 0 bridgehead atoms. The van der Waals surface area contributed by atoms with E-state index in [9.17, 15) is 0 Å². The first-order valence-corrected chi connectivity index (χ1v) is 7.07. The largest absolute Gasteiger partial charge is 0.295 e. The summed E-state index contributed by atoms with van der Waals surface area (Å²) in [7, 11) is 0. The number of fused-ring (bicyclic) bond motifs is 1. The van der Waals surface area contributed by atoms with Crippen LogP contribution in [0.5, 0.6) is 0 Å². The lowest BCUT2D eigenvalue weighted by Crippen LogP contribution is -2.27. The summed E-state index contributed by atoms with van der Waals surface area (Å²) in [6.07, 6.45) is 3.62. The molecule has 0 saturated heterocycles. The molecule has 0 saturated carbocycles. The summed E-state index contributed by atoms with van der Waals surface area (Å²) in [4.78, 5) is 2.10. The van der Waals surface area contributed by atoms with Gasteiger partial charge in [-0.25, -0.2) is 4.68 Å². The Bertz CT molecular complexity index is 745. The Morgan fingerprint density at radius 2 is 1.95 bits per heavy atom. The van der Waals surface area contributed by atoms with Crippen molar-refractivity contribution in [2.24, 2.45) is 0 Å². The number of anilines is 2. The van der Waals surface area contributed by atoms with Crippen molar-refractivity contribution in [2.45, 2.75) is 0 Å². The molecule has 1 aromatic carbocycles. The maximum absolute atomic E-state index is 4.21. The van der Waals surface area contributed by atoms with E-state index >= 15 is 0 Å². The second-order valence-corrected chi connectivity index (χ2v) is 5.24. The van der Waals surface area contributed by atoms with Crippen LogP contribution in [-0.2, 0) is 0 Å². The van der Waals surface area contributed by atoms with E-state index in [2.05, 4.69) is 44.1 Å². The minimum atomic E-state index is 0.758. The molecule has 3 heterocycles. The van der Waals surface area contributed by atoms with Crippen LogP contribution in [0.15, 0.2) is 60.4 Å². The van der Waals surface area contributed by atoms with Gasteiger partial charge in [0.2, 0.25) is 0 Å². The van der Waals surface area contributed by atoms with Gasteiger partial charge >= 0.3 is 0 Å². The molecule has 1 aliphatic heterocycles. The minimum absolute atomic E-state index is 0.758. The molecular weight excluding hydrogens is 270 g/mol. The van der Waals surface area contributed by atoms with Gasteiger partial charge < -0.3 is 0 Å². The average molecular weight is 281 g/mol. The van der Waals surface area contributed by atoms with E-state index in [1.165, 1.54) is 0 Å². The van der Waals surface area contributed by atoms with Crippen LogP contribution in [0.4, 0.5) is 10.9 Å². The molecule has 0 amide bonds. The lowest BCUT2D eigenvalue weighted by atomic mass is 10.1. The van der Waals surface area contributed by atoms with E-state index in [0.717, 1.165) is 22.2 Å². The highest BCUT2D eigenvalue weighted by molar-refractivity contribution is 7.14. The predicted molar refractivity (Wildman–Crippen MR) is 80.3 cm³/mol. The van der Waals surface area contributed by atoms with Gasteiger partial charge in [0.05, 0.1) is 5.70 Å². The molecule has 4 rings (SSSR count). The van der Waals surface area contributed by atoms with E-state index < -0.39 is 0 Å². The van der Waals surface area contributed by atoms with Crippen molar-refractivity contribution in [3.63, 3.8) is 0 Å².